The van der Waals surface area contributed by atoms with Gasteiger partial charge in [0.05, 0.1) is 11.4 Å². The minimum atomic E-state index is 0.582. The van der Waals surface area contributed by atoms with Crippen LogP contribution in [0.2, 0.25) is 0 Å². The highest BCUT2D eigenvalue weighted by Crippen LogP contribution is 2.30. The van der Waals surface area contributed by atoms with Crippen molar-refractivity contribution < 1.29 is 4.74 Å². The van der Waals surface area contributed by atoms with Crippen LogP contribution >= 0.6 is 0 Å². The fourth-order valence-corrected chi connectivity index (χ4v) is 4.31. The van der Waals surface area contributed by atoms with Gasteiger partial charge in [-0.25, -0.2) is 4.68 Å². The molecule has 3 heterocycles. The smallest absolute Gasteiger partial charge is 0.133 e. The number of nitrogens with zero attached hydrogens (tertiary/aromatic N) is 3. The third kappa shape index (κ3) is 4.01. The highest BCUT2D eigenvalue weighted by Gasteiger charge is 2.24. The number of nitrogens with one attached hydrogen (secondary N) is 1. The van der Waals surface area contributed by atoms with Crippen molar-refractivity contribution in [3.05, 3.63) is 71.4 Å². The molecule has 0 aliphatic carbocycles. The molecular formula is C24H28N4O. The zero-order valence-electron chi connectivity index (χ0n) is 16.8. The summed E-state index contributed by atoms with van der Waals surface area (Å²) in [7, 11) is 0. The van der Waals surface area contributed by atoms with Crippen molar-refractivity contribution in [2.24, 2.45) is 0 Å². The predicted octanol–water partition coefficient (Wildman–Crippen LogP) is 4.41. The Bertz CT molecular complexity index is 943. The zero-order valence-corrected chi connectivity index (χ0v) is 16.8. The van der Waals surface area contributed by atoms with Crippen molar-refractivity contribution >= 4 is 5.82 Å². The van der Waals surface area contributed by atoms with Crippen molar-refractivity contribution in [3.63, 3.8) is 0 Å². The molecule has 29 heavy (non-hydrogen) atoms. The molecule has 1 N–H and O–H groups in total. The van der Waals surface area contributed by atoms with E-state index in [4.69, 9.17) is 9.84 Å². The van der Waals surface area contributed by atoms with E-state index in [1.165, 1.54) is 49.2 Å². The van der Waals surface area contributed by atoms with E-state index in [0.717, 1.165) is 36.8 Å². The summed E-state index contributed by atoms with van der Waals surface area (Å²) < 4.78 is 8.00. The number of anilines is 1. The number of aromatic nitrogens is 2. The van der Waals surface area contributed by atoms with E-state index in [2.05, 4.69) is 39.2 Å². The lowest BCUT2D eigenvalue weighted by atomic mass is 10.1. The van der Waals surface area contributed by atoms with Crippen LogP contribution in [-0.4, -0.2) is 34.3 Å². The van der Waals surface area contributed by atoms with E-state index in [1.807, 2.05) is 30.3 Å². The van der Waals surface area contributed by atoms with Crippen LogP contribution in [0.25, 0.3) is 5.69 Å². The quantitative estimate of drug-likeness (QED) is 0.679. The first-order chi connectivity index (χ1) is 14.4. The SMILES string of the molecule is c1ccc(COc2ccc(-n3nc(CN4CCCCC4)c4c3NCC4)cc2)cc1. The molecule has 5 heteroatoms. The van der Waals surface area contributed by atoms with E-state index >= 15 is 0 Å². The van der Waals surface area contributed by atoms with Gasteiger partial charge in [0.2, 0.25) is 0 Å². The van der Waals surface area contributed by atoms with Crippen LogP contribution < -0.4 is 10.1 Å². The molecule has 3 aromatic rings. The van der Waals surface area contributed by atoms with E-state index in [0.29, 0.717) is 6.61 Å². The third-order valence-electron chi connectivity index (χ3n) is 5.89. The number of likely N-dealkylation sites (tertiary alicyclic amines) is 1. The maximum Gasteiger partial charge on any atom is 0.133 e. The molecule has 0 unspecified atom stereocenters. The Morgan fingerprint density at radius 3 is 2.52 bits per heavy atom. The summed E-state index contributed by atoms with van der Waals surface area (Å²) in [6, 6.07) is 18.5. The number of fused-ring (bicyclic) bond motifs is 1. The summed E-state index contributed by atoms with van der Waals surface area (Å²) in [4.78, 5) is 2.55. The van der Waals surface area contributed by atoms with Gasteiger partial charge in [-0.2, -0.15) is 5.10 Å². The molecule has 0 amide bonds. The van der Waals surface area contributed by atoms with Crippen LogP contribution in [-0.2, 0) is 19.6 Å². The summed E-state index contributed by atoms with van der Waals surface area (Å²) in [6.45, 7) is 4.94. The minimum Gasteiger partial charge on any atom is -0.489 e. The fraction of sp³-hybridized carbons (Fsp3) is 0.375. The lowest BCUT2D eigenvalue weighted by Crippen LogP contribution is -2.29. The Balaban J connectivity index is 1.32. The summed E-state index contributed by atoms with van der Waals surface area (Å²) in [5.41, 5.74) is 4.87. The van der Waals surface area contributed by atoms with Crippen molar-refractivity contribution in [1.82, 2.24) is 14.7 Å². The maximum absolute atomic E-state index is 5.93. The molecule has 0 atom stereocenters. The van der Waals surface area contributed by atoms with E-state index in [1.54, 1.807) is 0 Å². The van der Waals surface area contributed by atoms with Crippen LogP contribution in [0.4, 0.5) is 5.82 Å². The highest BCUT2D eigenvalue weighted by molar-refractivity contribution is 5.57. The average Bonchev–Trinajstić information content (AvgIpc) is 3.38. The Morgan fingerprint density at radius 1 is 0.931 bits per heavy atom. The largest absolute Gasteiger partial charge is 0.489 e. The van der Waals surface area contributed by atoms with Crippen LogP contribution in [0.1, 0.15) is 36.1 Å². The lowest BCUT2D eigenvalue weighted by molar-refractivity contribution is 0.217. The third-order valence-corrected chi connectivity index (χ3v) is 5.89. The number of ether oxygens (including phenoxy) is 1. The van der Waals surface area contributed by atoms with Crippen LogP contribution in [0, 0.1) is 0 Å². The maximum atomic E-state index is 5.93. The van der Waals surface area contributed by atoms with E-state index in [-0.39, 0.29) is 0 Å². The number of hydrogen-bond acceptors (Lipinski definition) is 4. The van der Waals surface area contributed by atoms with Crippen LogP contribution in [0.5, 0.6) is 5.75 Å². The molecule has 2 aliphatic heterocycles. The lowest BCUT2D eigenvalue weighted by Gasteiger charge is -2.25. The van der Waals surface area contributed by atoms with Gasteiger partial charge in [-0.15, -0.1) is 0 Å². The summed E-state index contributed by atoms with van der Waals surface area (Å²) in [5.74, 6) is 2.04. The first-order valence-electron chi connectivity index (χ1n) is 10.7. The molecule has 2 aliphatic rings. The molecule has 5 nitrogen and oxygen atoms in total. The Labute approximate surface area is 172 Å². The van der Waals surface area contributed by atoms with Crippen LogP contribution in [0.3, 0.4) is 0 Å². The molecule has 0 bridgehead atoms. The Hall–Kier alpha value is -2.79. The average molecular weight is 389 g/mol. The van der Waals surface area contributed by atoms with E-state index < -0.39 is 0 Å². The van der Waals surface area contributed by atoms with Gasteiger partial charge in [0.1, 0.15) is 18.2 Å². The number of benzene rings is 2. The molecule has 1 aromatic heterocycles. The summed E-state index contributed by atoms with van der Waals surface area (Å²) in [6.07, 6.45) is 5.05. The first-order valence-corrected chi connectivity index (χ1v) is 10.7. The van der Waals surface area contributed by atoms with Crippen molar-refractivity contribution in [2.45, 2.75) is 38.8 Å². The van der Waals surface area contributed by atoms with Crippen molar-refractivity contribution in [3.8, 4) is 11.4 Å². The van der Waals surface area contributed by atoms with Gasteiger partial charge in [0.15, 0.2) is 0 Å². The molecule has 150 valence electrons. The van der Waals surface area contributed by atoms with Crippen LogP contribution in [0.15, 0.2) is 54.6 Å². The fourth-order valence-electron chi connectivity index (χ4n) is 4.31. The second kappa shape index (κ2) is 8.29. The molecular weight excluding hydrogens is 360 g/mol. The Morgan fingerprint density at radius 2 is 1.72 bits per heavy atom. The molecule has 0 saturated carbocycles. The number of hydrogen-bond donors (Lipinski definition) is 1. The van der Waals surface area contributed by atoms with Gasteiger partial charge in [0.25, 0.3) is 0 Å². The normalized spacial score (nSPS) is 16.4. The standard InChI is InChI=1S/C24H28N4O/c1-3-7-19(8-4-1)18-29-21-11-9-20(10-12-21)28-24-22(13-14-25-24)23(26-28)17-27-15-5-2-6-16-27/h1,3-4,7-12,25H,2,5-6,13-18H2. The highest BCUT2D eigenvalue weighted by atomic mass is 16.5. The number of piperidine rings is 1. The summed E-state index contributed by atoms with van der Waals surface area (Å²) in [5, 5.41) is 8.53. The van der Waals surface area contributed by atoms with Crippen molar-refractivity contribution in [2.75, 3.05) is 25.0 Å². The van der Waals surface area contributed by atoms with Gasteiger partial charge in [-0.1, -0.05) is 36.8 Å². The molecule has 0 radical (unpaired) electrons. The van der Waals surface area contributed by atoms with Gasteiger partial charge >= 0.3 is 0 Å². The first kappa shape index (κ1) is 18.3. The minimum absolute atomic E-state index is 0.582. The molecule has 5 rings (SSSR count). The molecule has 1 fully saturated rings. The van der Waals surface area contributed by atoms with Crippen molar-refractivity contribution in [1.29, 1.82) is 0 Å². The van der Waals surface area contributed by atoms with E-state index in [9.17, 15) is 0 Å². The molecule has 2 aromatic carbocycles. The second-order valence-electron chi connectivity index (χ2n) is 7.97. The van der Waals surface area contributed by atoms with Gasteiger partial charge in [-0.3, -0.25) is 4.90 Å². The van der Waals surface area contributed by atoms with Gasteiger partial charge in [-0.05, 0) is 62.2 Å². The molecule has 0 spiro atoms. The predicted molar refractivity (Wildman–Crippen MR) is 116 cm³/mol. The topological polar surface area (TPSA) is 42.3 Å². The molecule has 1 saturated heterocycles. The summed E-state index contributed by atoms with van der Waals surface area (Å²) >= 11 is 0. The second-order valence-corrected chi connectivity index (χ2v) is 7.97. The van der Waals surface area contributed by atoms with Gasteiger partial charge < -0.3 is 10.1 Å². The Kier molecular flexibility index (Phi) is 5.22. The number of rotatable bonds is 6. The zero-order chi connectivity index (χ0) is 19.5. The monoisotopic (exact) mass is 388 g/mol. The van der Waals surface area contributed by atoms with Gasteiger partial charge in [0, 0.05) is 18.7 Å².